The van der Waals surface area contributed by atoms with Gasteiger partial charge in [0.1, 0.15) is 5.92 Å². The van der Waals surface area contributed by atoms with Gasteiger partial charge >= 0.3 is 5.88 Å². The molecule has 4 atom stereocenters. The number of nitrogens with zero attached hydrogens (tertiary/aromatic N) is 1. The van der Waals surface area contributed by atoms with Crippen LogP contribution < -0.4 is 15.0 Å². The first-order chi connectivity index (χ1) is 17.7. The number of carbonyl (C=O) groups excluding carboxylic acids is 1. The van der Waals surface area contributed by atoms with E-state index in [1.807, 2.05) is 0 Å². The molecule has 1 aromatic heterocycles. The van der Waals surface area contributed by atoms with Gasteiger partial charge in [-0.2, -0.15) is 4.98 Å². The highest BCUT2D eigenvalue weighted by molar-refractivity contribution is 5.82. The number of likely N-dealkylation sites (tertiary alicyclic amines) is 1. The Morgan fingerprint density at radius 2 is 1.89 bits per heavy atom. The highest BCUT2D eigenvalue weighted by atomic mass is 16.5. The normalized spacial score (nSPS) is 31.0. The van der Waals surface area contributed by atoms with Crippen LogP contribution in [-0.4, -0.2) is 43.1 Å². The Kier molecular flexibility index (Phi) is 6.76. The SMILES string of the molecule is Cc1ccc2c([nH+]1)OCCC[C@]21C[NH2+]CC1C(=O)N1CC[C@@H](c2ccccc2)C[C@H]1C1CCCCC1. The van der Waals surface area contributed by atoms with Crippen molar-refractivity contribution in [2.24, 2.45) is 11.8 Å². The van der Waals surface area contributed by atoms with Gasteiger partial charge < -0.3 is 15.0 Å². The summed E-state index contributed by atoms with van der Waals surface area (Å²) in [6.07, 6.45) is 10.8. The molecule has 192 valence electrons. The molecule has 3 aliphatic heterocycles. The summed E-state index contributed by atoms with van der Waals surface area (Å²) in [5.41, 5.74) is 3.65. The third-order valence-electron chi connectivity index (χ3n) is 9.87. The molecule has 2 aromatic rings. The van der Waals surface area contributed by atoms with Gasteiger partial charge in [-0.3, -0.25) is 4.79 Å². The minimum atomic E-state index is -0.138. The summed E-state index contributed by atoms with van der Waals surface area (Å²) in [5, 5.41) is 2.39. The van der Waals surface area contributed by atoms with Crippen molar-refractivity contribution in [3.05, 3.63) is 59.3 Å². The predicted molar refractivity (Wildman–Crippen MR) is 140 cm³/mol. The molecule has 5 nitrogen and oxygen atoms in total. The fraction of sp³-hybridized carbons (Fsp3) is 0.613. The van der Waals surface area contributed by atoms with E-state index >= 15 is 0 Å². The summed E-state index contributed by atoms with van der Waals surface area (Å²) in [6.45, 7) is 5.57. The molecule has 1 saturated carbocycles. The van der Waals surface area contributed by atoms with Crippen LogP contribution >= 0.6 is 0 Å². The van der Waals surface area contributed by atoms with Crippen LogP contribution in [0.25, 0.3) is 0 Å². The van der Waals surface area contributed by atoms with Crippen LogP contribution in [0.2, 0.25) is 0 Å². The van der Waals surface area contributed by atoms with Crippen LogP contribution in [-0.2, 0) is 10.2 Å². The average molecular weight is 490 g/mol. The lowest BCUT2D eigenvalue weighted by Crippen LogP contribution is -2.82. The predicted octanol–water partition coefficient (Wildman–Crippen LogP) is 3.77. The number of carbonyl (C=O) groups is 1. The van der Waals surface area contributed by atoms with Crippen LogP contribution in [0.1, 0.15) is 80.5 Å². The number of piperidine rings is 1. The molecule has 5 heteroatoms. The number of ether oxygens (including phenoxy) is 1. The first kappa shape index (κ1) is 24.0. The van der Waals surface area contributed by atoms with Crippen molar-refractivity contribution < 1.29 is 19.8 Å². The van der Waals surface area contributed by atoms with Gasteiger partial charge in [0.25, 0.3) is 0 Å². The van der Waals surface area contributed by atoms with Crippen molar-refractivity contribution in [1.82, 2.24) is 4.90 Å². The molecule has 0 radical (unpaired) electrons. The van der Waals surface area contributed by atoms with Gasteiger partial charge in [0.2, 0.25) is 5.91 Å². The molecule has 1 amide bonds. The minimum absolute atomic E-state index is 0.0217. The number of aromatic amines is 1. The van der Waals surface area contributed by atoms with Gasteiger partial charge in [0, 0.05) is 25.6 Å². The van der Waals surface area contributed by atoms with Crippen molar-refractivity contribution in [2.45, 2.75) is 82.1 Å². The molecule has 3 fully saturated rings. The number of H-pyrrole nitrogens is 1. The maximum absolute atomic E-state index is 14.6. The Hall–Kier alpha value is -2.40. The summed E-state index contributed by atoms with van der Waals surface area (Å²) >= 11 is 0. The molecular formula is C31H43N3O2+2. The number of nitrogens with two attached hydrogens (primary N) is 1. The number of fused-ring (bicyclic) bond motifs is 2. The molecule has 1 spiro atoms. The second-order valence-electron chi connectivity index (χ2n) is 11.9. The second kappa shape index (κ2) is 10.2. The van der Waals surface area contributed by atoms with E-state index in [1.54, 1.807) is 0 Å². The van der Waals surface area contributed by atoms with Crippen LogP contribution in [0.3, 0.4) is 0 Å². The van der Waals surface area contributed by atoms with E-state index in [2.05, 4.69) is 64.6 Å². The Morgan fingerprint density at radius 1 is 1.06 bits per heavy atom. The van der Waals surface area contributed by atoms with Gasteiger partial charge in [-0.1, -0.05) is 49.6 Å². The largest absolute Gasteiger partial charge is 0.444 e. The van der Waals surface area contributed by atoms with E-state index in [1.165, 1.54) is 43.2 Å². The topological polar surface area (TPSA) is 60.3 Å². The number of benzene rings is 1. The van der Waals surface area contributed by atoms with E-state index in [4.69, 9.17) is 4.74 Å². The van der Waals surface area contributed by atoms with Crippen LogP contribution in [0, 0.1) is 18.8 Å². The van der Waals surface area contributed by atoms with Crippen LogP contribution in [0.15, 0.2) is 42.5 Å². The average Bonchev–Trinajstić information content (AvgIpc) is 3.27. The van der Waals surface area contributed by atoms with E-state index in [0.29, 0.717) is 23.8 Å². The third-order valence-corrected chi connectivity index (χ3v) is 9.87. The van der Waals surface area contributed by atoms with Gasteiger partial charge in [-0.15, -0.1) is 0 Å². The summed E-state index contributed by atoms with van der Waals surface area (Å²) in [7, 11) is 0. The minimum Gasteiger partial charge on any atom is -0.444 e. The van der Waals surface area contributed by atoms with Gasteiger partial charge in [0.05, 0.1) is 30.7 Å². The highest BCUT2D eigenvalue weighted by Gasteiger charge is 2.56. The molecular weight excluding hydrogens is 446 g/mol. The lowest BCUT2D eigenvalue weighted by atomic mass is 9.68. The zero-order valence-electron chi connectivity index (χ0n) is 21.9. The maximum atomic E-state index is 14.6. The smallest absolute Gasteiger partial charge is 0.370 e. The number of aromatic nitrogens is 1. The molecule has 1 aromatic carbocycles. The van der Waals surface area contributed by atoms with E-state index < -0.39 is 0 Å². The first-order valence-corrected chi connectivity index (χ1v) is 14.5. The second-order valence-corrected chi connectivity index (χ2v) is 11.9. The highest BCUT2D eigenvalue weighted by Crippen LogP contribution is 2.46. The molecule has 3 N–H and O–H groups in total. The fourth-order valence-corrected chi connectivity index (χ4v) is 8.03. The number of hydrogen-bond acceptors (Lipinski definition) is 2. The summed E-state index contributed by atoms with van der Waals surface area (Å²) in [4.78, 5) is 20.5. The van der Waals surface area contributed by atoms with Crippen molar-refractivity contribution >= 4 is 5.91 Å². The van der Waals surface area contributed by atoms with Crippen molar-refractivity contribution in [3.8, 4) is 5.88 Å². The number of aryl methyl sites for hydroxylation is 1. The van der Waals surface area contributed by atoms with Crippen LogP contribution in [0.5, 0.6) is 5.88 Å². The summed E-state index contributed by atoms with van der Waals surface area (Å²) < 4.78 is 6.17. The summed E-state index contributed by atoms with van der Waals surface area (Å²) in [6, 6.07) is 15.8. The molecule has 36 heavy (non-hydrogen) atoms. The van der Waals surface area contributed by atoms with E-state index in [0.717, 1.165) is 63.5 Å². The quantitative estimate of drug-likeness (QED) is 0.714. The van der Waals surface area contributed by atoms with E-state index in [9.17, 15) is 4.79 Å². The first-order valence-electron chi connectivity index (χ1n) is 14.5. The Balaban J connectivity index is 1.31. The molecule has 1 aliphatic carbocycles. The molecule has 0 bridgehead atoms. The number of amides is 1. The number of pyridine rings is 1. The molecule has 6 rings (SSSR count). The monoisotopic (exact) mass is 489 g/mol. The zero-order valence-corrected chi connectivity index (χ0v) is 21.9. The lowest BCUT2D eigenvalue weighted by Gasteiger charge is -2.46. The van der Waals surface area contributed by atoms with Gasteiger partial charge in [-0.05, 0) is 62.0 Å². The molecule has 4 heterocycles. The molecule has 2 saturated heterocycles. The number of hydrogen-bond donors (Lipinski definition) is 1. The van der Waals surface area contributed by atoms with Crippen molar-refractivity contribution in [2.75, 3.05) is 26.2 Å². The molecule has 1 unspecified atom stereocenters. The number of rotatable bonds is 3. The number of nitrogens with one attached hydrogen (secondary N) is 1. The van der Waals surface area contributed by atoms with Crippen molar-refractivity contribution in [1.29, 1.82) is 0 Å². The Bertz CT molecular complexity index is 1070. The lowest BCUT2D eigenvalue weighted by molar-refractivity contribution is -0.640. The van der Waals surface area contributed by atoms with Crippen LogP contribution in [0.4, 0.5) is 0 Å². The van der Waals surface area contributed by atoms with E-state index in [-0.39, 0.29) is 11.3 Å². The Labute approximate surface area is 216 Å². The Morgan fingerprint density at radius 3 is 2.72 bits per heavy atom. The zero-order chi connectivity index (χ0) is 24.5. The van der Waals surface area contributed by atoms with Gasteiger partial charge in [-0.25, -0.2) is 0 Å². The standard InChI is InChI=1S/C31H41N3O2/c1-22-13-14-26-29(33-22)36-18-8-16-31(26)21-32-20-27(31)30(35)34-17-15-25(23-9-4-2-5-10-23)19-28(34)24-11-6-3-7-12-24/h2,4-5,9-10,13-14,24-25,27-28,32H,3,6-8,11-12,15-21H2,1H3/p+2/t25-,27?,28+,31+/m1/s1. The third kappa shape index (κ3) is 4.34. The van der Waals surface area contributed by atoms with Crippen molar-refractivity contribution in [3.63, 3.8) is 0 Å². The maximum Gasteiger partial charge on any atom is 0.370 e. The fourth-order valence-electron chi connectivity index (χ4n) is 8.03. The molecule has 4 aliphatic rings. The summed E-state index contributed by atoms with van der Waals surface area (Å²) in [5.74, 6) is 2.55. The number of quaternary nitrogens is 1. The van der Waals surface area contributed by atoms with Gasteiger partial charge in [0.15, 0.2) is 5.69 Å².